The summed E-state index contributed by atoms with van der Waals surface area (Å²) < 4.78 is 0. The van der Waals surface area contributed by atoms with E-state index in [2.05, 4.69) is 15.6 Å². The number of rotatable bonds is 5. The van der Waals surface area contributed by atoms with Gasteiger partial charge in [0.1, 0.15) is 5.41 Å². The highest BCUT2D eigenvalue weighted by atomic mass is 16.2. The molecular weight excluding hydrogens is 278 g/mol. The number of aromatic nitrogens is 1. The molecule has 0 saturated heterocycles. The zero-order valence-corrected chi connectivity index (χ0v) is 13.4. The second kappa shape index (κ2) is 7.38. The molecule has 1 aliphatic rings. The van der Waals surface area contributed by atoms with Crippen LogP contribution in [0.2, 0.25) is 0 Å². The Balaban J connectivity index is 1.87. The van der Waals surface area contributed by atoms with E-state index in [1.54, 1.807) is 26.2 Å². The molecule has 1 fully saturated rings. The van der Waals surface area contributed by atoms with Crippen molar-refractivity contribution in [3.63, 3.8) is 0 Å². The van der Waals surface area contributed by atoms with Crippen LogP contribution < -0.4 is 10.6 Å². The second-order valence-electron chi connectivity index (χ2n) is 6.48. The summed E-state index contributed by atoms with van der Waals surface area (Å²) in [6, 6.07) is 3.93. The summed E-state index contributed by atoms with van der Waals surface area (Å²) in [5.74, 6) is -0.451. The third-order valence-corrected chi connectivity index (χ3v) is 4.25. The molecule has 1 saturated carbocycles. The molecule has 1 aliphatic carbocycles. The van der Waals surface area contributed by atoms with Crippen LogP contribution in [0.5, 0.6) is 0 Å². The molecule has 22 heavy (non-hydrogen) atoms. The molecule has 0 bridgehead atoms. The standard InChI is InChI=1S/C17H25N3O2/c1-17(2,16(22)20-14-8-4-3-5-9-14)15(21)19-12-13-7-6-10-18-11-13/h6-7,10-11,14H,3-5,8-9,12H2,1-2H3,(H,19,21)(H,20,22). The van der Waals surface area contributed by atoms with Crippen LogP contribution in [-0.2, 0) is 16.1 Å². The predicted octanol–water partition coefficient (Wildman–Crippen LogP) is 2.17. The molecule has 1 heterocycles. The molecule has 5 nitrogen and oxygen atoms in total. The van der Waals surface area contributed by atoms with Crippen LogP contribution in [0, 0.1) is 5.41 Å². The highest BCUT2D eigenvalue weighted by Gasteiger charge is 2.36. The van der Waals surface area contributed by atoms with Gasteiger partial charge in [-0.1, -0.05) is 25.3 Å². The lowest BCUT2D eigenvalue weighted by atomic mass is 9.89. The molecule has 2 amide bonds. The van der Waals surface area contributed by atoms with Gasteiger partial charge in [-0.25, -0.2) is 0 Å². The Labute approximate surface area is 131 Å². The third-order valence-electron chi connectivity index (χ3n) is 4.25. The number of hydrogen-bond donors (Lipinski definition) is 2. The molecule has 2 rings (SSSR count). The average Bonchev–Trinajstić information content (AvgIpc) is 2.54. The Morgan fingerprint density at radius 3 is 2.59 bits per heavy atom. The normalized spacial score (nSPS) is 16.1. The van der Waals surface area contributed by atoms with Gasteiger partial charge in [0, 0.05) is 25.0 Å². The Kier molecular flexibility index (Phi) is 5.52. The van der Waals surface area contributed by atoms with Gasteiger partial charge in [0.2, 0.25) is 11.8 Å². The van der Waals surface area contributed by atoms with E-state index in [0.717, 1.165) is 31.2 Å². The van der Waals surface area contributed by atoms with Crippen molar-refractivity contribution in [3.05, 3.63) is 30.1 Å². The summed E-state index contributed by atoms with van der Waals surface area (Å²) in [5.41, 5.74) is -0.154. The first-order valence-corrected chi connectivity index (χ1v) is 7.98. The van der Waals surface area contributed by atoms with Crippen molar-refractivity contribution in [1.82, 2.24) is 15.6 Å². The lowest BCUT2D eigenvalue weighted by Crippen LogP contribution is -2.50. The van der Waals surface area contributed by atoms with Crippen molar-refractivity contribution in [2.45, 2.75) is 58.5 Å². The van der Waals surface area contributed by atoms with Crippen molar-refractivity contribution in [1.29, 1.82) is 0 Å². The van der Waals surface area contributed by atoms with E-state index in [0.29, 0.717) is 6.54 Å². The van der Waals surface area contributed by atoms with Gasteiger partial charge in [-0.3, -0.25) is 14.6 Å². The minimum absolute atomic E-state index is 0.192. The lowest BCUT2D eigenvalue weighted by molar-refractivity contribution is -0.142. The van der Waals surface area contributed by atoms with Gasteiger partial charge >= 0.3 is 0 Å². The fourth-order valence-electron chi connectivity index (χ4n) is 2.62. The molecule has 0 aliphatic heterocycles. The molecule has 0 spiro atoms. The van der Waals surface area contributed by atoms with Crippen molar-refractivity contribution < 1.29 is 9.59 Å². The van der Waals surface area contributed by atoms with Gasteiger partial charge in [-0.15, -0.1) is 0 Å². The van der Waals surface area contributed by atoms with Gasteiger partial charge in [-0.2, -0.15) is 0 Å². The number of hydrogen-bond acceptors (Lipinski definition) is 3. The first kappa shape index (κ1) is 16.5. The summed E-state index contributed by atoms with van der Waals surface area (Å²) in [4.78, 5) is 28.7. The molecule has 2 N–H and O–H groups in total. The van der Waals surface area contributed by atoms with E-state index < -0.39 is 5.41 Å². The molecule has 0 atom stereocenters. The fraction of sp³-hybridized carbons (Fsp3) is 0.588. The van der Waals surface area contributed by atoms with Gasteiger partial charge in [0.05, 0.1) is 0 Å². The zero-order chi connectivity index (χ0) is 16.0. The first-order valence-electron chi connectivity index (χ1n) is 7.98. The Bertz CT molecular complexity index is 508. The highest BCUT2D eigenvalue weighted by molar-refractivity contribution is 6.04. The van der Waals surface area contributed by atoms with E-state index in [1.807, 2.05) is 12.1 Å². The number of carbonyl (C=O) groups excluding carboxylic acids is 2. The van der Waals surface area contributed by atoms with E-state index in [4.69, 9.17) is 0 Å². The first-order chi connectivity index (χ1) is 10.5. The summed E-state index contributed by atoms with van der Waals surface area (Å²) in [7, 11) is 0. The molecule has 0 radical (unpaired) electrons. The van der Waals surface area contributed by atoms with Crippen LogP contribution in [0.4, 0.5) is 0 Å². The van der Waals surface area contributed by atoms with E-state index in [9.17, 15) is 9.59 Å². The summed E-state index contributed by atoms with van der Waals surface area (Å²) in [6.07, 6.45) is 8.96. The molecule has 0 unspecified atom stereocenters. The van der Waals surface area contributed by atoms with Crippen molar-refractivity contribution >= 4 is 11.8 Å². The number of carbonyl (C=O) groups is 2. The summed E-state index contributed by atoms with van der Waals surface area (Å²) in [5, 5.41) is 5.84. The van der Waals surface area contributed by atoms with Crippen LogP contribution in [0.3, 0.4) is 0 Å². The molecule has 120 valence electrons. The quantitative estimate of drug-likeness (QED) is 0.819. The van der Waals surface area contributed by atoms with E-state index >= 15 is 0 Å². The number of amides is 2. The van der Waals surface area contributed by atoms with Gasteiger partial charge < -0.3 is 10.6 Å². The van der Waals surface area contributed by atoms with Crippen molar-refractivity contribution in [2.24, 2.45) is 5.41 Å². The molecule has 1 aromatic rings. The maximum absolute atomic E-state index is 12.4. The van der Waals surface area contributed by atoms with Gasteiger partial charge in [0.15, 0.2) is 0 Å². The molecule has 0 aromatic carbocycles. The van der Waals surface area contributed by atoms with Crippen LogP contribution in [0.25, 0.3) is 0 Å². The number of nitrogens with zero attached hydrogens (tertiary/aromatic N) is 1. The Hall–Kier alpha value is -1.91. The zero-order valence-electron chi connectivity index (χ0n) is 13.4. The van der Waals surface area contributed by atoms with Crippen LogP contribution in [0.1, 0.15) is 51.5 Å². The smallest absolute Gasteiger partial charge is 0.235 e. The second-order valence-corrected chi connectivity index (χ2v) is 6.48. The maximum Gasteiger partial charge on any atom is 0.235 e. The third kappa shape index (κ3) is 4.29. The van der Waals surface area contributed by atoms with Crippen LogP contribution >= 0.6 is 0 Å². The van der Waals surface area contributed by atoms with E-state index in [-0.39, 0.29) is 17.9 Å². The number of pyridine rings is 1. The van der Waals surface area contributed by atoms with Crippen molar-refractivity contribution in [3.8, 4) is 0 Å². The Morgan fingerprint density at radius 1 is 1.23 bits per heavy atom. The Morgan fingerprint density at radius 2 is 1.95 bits per heavy atom. The van der Waals surface area contributed by atoms with E-state index in [1.165, 1.54) is 6.42 Å². The largest absolute Gasteiger partial charge is 0.352 e. The van der Waals surface area contributed by atoms with Gasteiger partial charge in [0.25, 0.3) is 0 Å². The van der Waals surface area contributed by atoms with Crippen molar-refractivity contribution in [2.75, 3.05) is 0 Å². The lowest BCUT2D eigenvalue weighted by Gasteiger charge is -2.28. The monoisotopic (exact) mass is 303 g/mol. The molecular formula is C17H25N3O2. The number of nitrogens with one attached hydrogen (secondary N) is 2. The van der Waals surface area contributed by atoms with Crippen LogP contribution in [0.15, 0.2) is 24.5 Å². The fourth-order valence-corrected chi connectivity index (χ4v) is 2.62. The minimum atomic E-state index is -1.07. The van der Waals surface area contributed by atoms with Crippen LogP contribution in [-0.4, -0.2) is 22.8 Å². The maximum atomic E-state index is 12.4. The van der Waals surface area contributed by atoms with Gasteiger partial charge in [-0.05, 0) is 38.3 Å². The topological polar surface area (TPSA) is 71.1 Å². The summed E-state index contributed by atoms with van der Waals surface area (Å²) >= 11 is 0. The average molecular weight is 303 g/mol. The highest BCUT2D eigenvalue weighted by Crippen LogP contribution is 2.21. The SMILES string of the molecule is CC(C)(C(=O)NCc1cccnc1)C(=O)NC1CCCCC1. The predicted molar refractivity (Wildman–Crippen MR) is 84.9 cm³/mol. The molecule has 1 aromatic heterocycles. The molecule has 5 heteroatoms. The minimum Gasteiger partial charge on any atom is -0.352 e. The summed E-state index contributed by atoms with van der Waals surface area (Å²) in [6.45, 7) is 3.72.